The standard InChI is InChI=1S/C18H26N2Te2.2C5H5.2Fe/c1-13(19(3)4)15-9-7-11-17(15)21-22-18-12-8-10-16(18)14(2)20(5)6;2*1-2-4-5-3-1;;/h7-14H,1-6H3;2*1-5H;;/q;;;2*+2/t13-,14-;;;;/m0..../s1. The van der Waals surface area contributed by atoms with E-state index in [4.69, 9.17) is 0 Å². The molecule has 0 bridgehead atoms. The summed E-state index contributed by atoms with van der Waals surface area (Å²) in [5.41, 5.74) is 0. The van der Waals surface area contributed by atoms with Crippen molar-refractivity contribution in [3.05, 3.63) is 123 Å². The fourth-order valence-corrected chi connectivity index (χ4v) is 15.4. The summed E-state index contributed by atoms with van der Waals surface area (Å²) in [6.45, 7) is 4.63. The van der Waals surface area contributed by atoms with Crippen LogP contribution in [0.25, 0.3) is 0 Å². The van der Waals surface area contributed by atoms with Gasteiger partial charge in [-0.05, 0) is 64.2 Å². The second-order valence-electron chi connectivity index (χ2n) is 8.06. The van der Waals surface area contributed by atoms with Gasteiger partial charge in [-0.2, -0.15) is 0 Å². The number of rotatable bonds is 7. The van der Waals surface area contributed by atoms with E-state index in [9.17, 15) is 0 Å². The van der Waals surface area contributed by atoms with Crippen LogP contribution in [0.4, 0.5) is 0 Å². The summed E-state index contributed by atoms with van der Waals surface area (Å²) in [5.74, 6) is 3.12. The molecule has 34 heavy (non-hydrogen) atoms. The molecule has 2 nitrogen and oxygen atoms in total. The van der Waals surface area contributed by atoms with E-state index in [1.165, 1.54) is 0 Å². The minimum Gasteiger partial charge on any atom is -0.0312 e. The zero-order valence-corrected chi connectivity index (χ0v) is 27.7. The second kappa shape index (κ2) is 21.4. The minimum absolute atomic E-state index is 0. The Morgan fingerprint density at radius 2 is 0.735 bits per heavy atom. The Balaban J connectivity index is 0.000000746. The molecular formula is C28H36Fe2N2Te2+4. The quantitative estimate of drug-likeness (QED) is 0.365. The minimum atomic E-state index is -0.0461. The fourth-order valence-electron chi connectivity index (χ4n) is 2.96. The molecule has 0 aromatic rings. The first-order valence-electron chi connectivity index (χ1n) is 10.9. The molecule has 4 rings (SSSR count). The summed E-state index contributed by atoms with van der Waals surface area (Å²) in [7, 11) is 8.69. The van der Waals surface area contributed by atoms with Crippen LogP contribution in [0.2, 0.25) is 0 Å². The van der Waals surface area contributed by atoms with Crippen LogP contribution < -0.4 is 0 Å². The third kappa shape index (κ3) is 13.6. The molecule has 0 saturated heterocycles. The van der Waals surface area contributed by atoms with Crippen LogP contribution in [0.1, 0.15) is 13.8 Å². The van der Waals surface area contributed by atoms with Gasteiger partial charge in [-0.25, -0.2) is 0 Å². The number of hydrogen-bond acceptors (Lipinski definition) is 2. The fraction of sp³-hybridized carbons (Fsp3) is 0.286. The van der Waals surface area contributed by atoms with Crippen molar-refractivity contribution in [1.82, 2.24) is 9.80 Å². The summed E-state index contributed by atoms with van der Waals surface area (Å²) >= 11 is -0.0923. The topological polar surface area (TPSA) is 6.48 Å². The van der Waals surface area contributed by atoms with E-state index in [1.807, 2.05) is 64.2 Å². The third-order valence-corrected chi connectivity index (χ3v) is 17.3. The maximum Gasteiger partial charge on any atom is 2.00 e. The molecule has 0 unspecified atom stereocenters. The number of nitrogens with zero attached hydrogens (tertiary/aromatic N) is 2. The van der Waals surface area contributed by atoms with E-state index in [0.717, 1.165) is 0 Å². The van der Waals surface area contributed by atoms with E-state index in [-0.39, 0.29) is 68.3 Å². The molecule has 4 aliphatic carbocycles. The predicted molar refractivity (Wildman–Crippen MR) is 140 cm³/mol. The summed E-state index contributed by atoms with van der Waals surface area (Å²) in [5, 5.41) is 0. The molecule has 6 heteroatoms. The van der Waals surface area contributed by atoms with E-state index in [2.05, 4.69) is 90.4 Å². The summed E-state index contributed by atoms with van der Waals surface area (Å²) in [6, 6.07) is 1.06. The first-order valence-corrected chi connectivity index (χ1v) is 20.6. The van der Waals surface area contributed by atoms with Crippen molar-refractivity contribution >= 4 is 34.1 Å². The van der Waals surface area contributed by atoms with Gasteiger partial charge >= 0.3 is 190 Å². The Hall–Kier alpha value is 2.54. The Labute approximate surface area is 252 Å². The first kappa shape index (κ1) is 36.5. The van der Waals surface area contributed by atoms with Crippen LogP contribution in [-0.4, -0.2) is 84.2 Å². The van der Waals surface area contributed by atoms with Crippen molar-refractivity contribution < 1.29 is 34.1 Å². The van der Waals surface area contributed by atoms with E-state index >= 15 is 0 Å². The van der Waals surface area contributed by atoms with Crippen molar-refractivity contribution in [2.75, 3.05) is 28.2 Å². The molecule has 0 heterocycles. The van der Waals surface area contributed by atoms with Crippen molar-refractivity contribution in [3.8, 4) is 0 Å². The molecule has 0 spiro atoms. The van der Waals surface area contributed by atoms with Gasteiger partial charge in [0.05, 0.1) is 0 Å². The van der Waals surface area contributed by atoms with E-state index in [1.54, 1.807) is 19.8 Å². The average molecular weight is 768 g/mol. The van der Waals surface area contributed by atoms with Gasteiger partial charge in [0.2, 0.25) is 0 Å². The monoisotopic (exact) mass is 772 g/mol. The Bertz CT molecular complexity index is 416. The van der Waals surface area contributed by atoms with Gasteiger partial charge in [-0.15, -0.1) is 0 Å². The molecule has 4 aliphatic rings. The largest absolute Gasteiger partial charge is 2.00 e. The van der Waals surface area contributed by atoms with Gasteiger partial charge in [0.25, 0.3) is 0 Å². The number of hydrogen-bond donors (Lipinski definition) is 0. The molecule has 182 valence electrons. The zero-order chi connectivity index (χ0) is 23.3. The summed E-state index contributed by atoms with van der Waals surface area (Å²) < 4.78 is 3.36. The maximum absolute atomic E-state index is 2.38. The molecule has 0 aromatic heterocycles. The van der Waals surface area contributed by atoms with Crippen LogP contribution in [0.3, 0.4) is 0 Å². The average Bonchev–Trinajstić information content (AvgIpc) is 3.61. The second-order valence-corrected chi connectivity index (χ2v) is 17.9. The van der Waals surface area contributed by atoms with Crippen LogP contribution >= 0.6 is 0 Å². The van der Waals surface area contributed by atoms with Gasteiger partial charge in [0.1, 0.15) is 0 Å². The molecule has 2 atom stereocenters. The molecule has 0 N–H and O–H groups in total. The normalized spacial score (nSPS) is 23.6. The zero-order valence-electron chi connectivity index (χ0n) is 20.8. The summed E-state index contributed by atoms with van der Waals surface area (Å²) in [6.07, 6.45) is 33.9. The van der Waals surface area contributed by atoms with Crippen LogP contribution in [0.15, 0.2) is 0 Å². The molecule has 4 fully saturated rings. The summed E-state index contributed by atoms with van der Waals surface area (Å²) in [4.78, 5) is 4.63. The van der Waals surface area contributed by atoms with Crippen molar-refractivity contribution in [2.24, 2.45) is 0 Å². The Morgan fingerprint density at radius 3 is 0.971 bits per heavy atom. The van der Waals surface area contributed by atoms with E-state index < -0.39 is 0 Å². The Morgan fingerprint density at radius 1 is 0.471 bits per heavy atom. The molecule has 4 saturated carbocycles. The molecule has 20 radical (unpaired) electrons. The predicted octanol–water partition coefficient (Wildman–Crippen LogP) is 3.71. The third-order valence-electron chi connectivity index (χ3n) is 5.40. The molecule has 0 amide bonds. The van der Waals surface area contributed by atoms with Crippen LogP contribution in [0.5, 0.6) is 0 Å². The molecule has 0 aliphatic heterocycles. The smallest absolute Gasteiger partial charge is 0.0312 e. The van der Waals surface area contributed by atoms with Gasteiger partial charge in [0.15, 0.2) is 0 Å². The van der Waals surface area contributed by atoms with Crippen LogP contribution in [-0.2, 0) is 34.1 Å². The molecular weight excluding hydrogens is 731 g/mol. The first-order chi connectivity index (χ1) is 15.4. The van der Waals surface area contributed by atoms with Crippen molar-refractivity contribution in [3.63, 3.8) is 0 Å². The maximum atomic E-state index is 2.38. The Kier molecular flexibility index (Phi) is 23.0. The SMILES string of the molecule is C[C@@H]([C]1[CH][CH][CH][C]1[Te][Te][C]1[CH][CH][CH][C]1[C@H](C)N(C)C)N(C)C.[CH]1[CH][CH][CH][CH]1.[CH]1[CH][CH][CH][CH]1.[Fe+2].[Fe+2]. The van der Waals surface area contributed by atoms with E-state index in [0.29, 0.717) is 12.1 Å². The van der Waals surface area contributed by atoms with Crippen molar-refractivity contribution in [1.29, 1.82) is 0 Å². The van der Waals surface area contributed by atoms with Gasteiger partial charge in [0, 0.05) is 0 Å². The van der Waals surface area contributed by atoms with Gasteiger partial charge < -0.3 is 0 Å². The van der Waals surface area contributed by atoms with Crippen LogP contribution in [0, 0.1) is 123 Å². The molecule has 0 aromatic carbocycles. The van der Waals surface area contributed by atoms with Gasteiger partial charge in [-0.1, -0.05) is 0 Å². The van der Waals surface area contributed by atoms with Crippen molar-refractivity contribution in [2.45, 2.75) is 25.9 Å². The van der Waals surface area contributed by atoms with Gasteiger partial charge in [-0.3, -0.25) is 0 Å².